The number of esters is 1. The van der Waals surface area contributed by atoms with Crippen LogP contribution in [0.4, 0.5) is 0 Å². The van der Waals surface area contributed by atoms with E-state index in [1.54, 1.807) is 0 Å². The van der Waals surface area contributed by atoms with E-state index in [2.05, 4.69) is 38.2 Å². The molecule has 0 fully saturated rings. The minimum absolute atomic E-state index is 0.0824. The monoisotopic (exact) mass is 834 g/mol. The average molecular weight is 834 g/mol. The predicted molar refractivity (Wildman–Crippen MR) is 255 cm³/mol. The smallest absolute Gasteiger partial charge is 0.306 e. The van der Waals surface area contributed by atoms with Crippen molar-refractivity contribution in [1.82, 2.24) is 5.32 Å². The summed E-state index contributed by atoms with van der Waals surface area (Å²) in [5.74, 6) is -0.464. The van der Waals surface area contributed by atoms with Gasteiger partial charge in [0.1, 0.15) is 6.10 Å². The molecule has 3 unspecified atom stereocenters. The Labute approximate surface area is 368 Å². The van der Waals surface area contributed by atoms with Gasteiger partial charge in [0.25, 0.3) is 0 Å². The third-order valence-corrected chi connectivity index (χ3v) is 12.3. The Morgan fingerprint density at radius 2 is 0.814 bits per heavy atom. The molecule has 0 saturated carbocycles. The van der Waals surface area contributed by atoms with Crippen molar-refractivity contribution >= 4 is 11.9 Å². The largest absolute Gasteiger partial charge is 0.462 e. The molecule has 0 radical (unpaired) electrons. The normalized spacial score (nSPS) is 13.2. The number of aliphatic hydroxyl groups excluding tert-OH is 2. The van der Waals surface area contributed by atoms with Gasteiger partial charge >= 0.3 is 5.97 Å². The van der Waals surface area contributed by atoms with E-state index in [9.17, 15) is 19.8 Å². The molecule has 0 aliphatic heterocycles. The molecule has 0 aromatic rings. The maximum Gasteiger partial charge on any atom is 0.306 e. The molecule has 0 rings (SSSR count). The first-order valence-corrected chi connectivity index (χ1v) is 26.4. The van der Waals surface area contributed by atoms with E-state index >= 15 is 0 Å². The van der Waals surface area contributed by atoms with E-state index < -0.39 is 18.2 Å². The average Bonchev–Trinajstić information content (AvgIpc) is 3.23. The number of amides is 1. The van der Waals surface area contributed by atoms with Crippen LogP contribution in [0, 0.1) is 0 Å². The Morgan fingerprint density at radius 3 is 1.20 bits per heavy atom. The summed E-state index contributed by atoms with van der Waals surface area (Å²) in [6.07, 6.45) is 52.7. The first-order chi connectivity index (χ1) is 29.0. The number of nitrogens with one attached hydrogen (secondary N) is 1. The Kier molecular flexibility index (Phi) is 46.5. The van der Waals surface area contributed by atoms with Gasteiger partial charge in [-0.15, -0.1) is 0 Å². The Morgan fingerprint density at radius 1 is 0.475 bits per heavy atom. The van der Waals surface area contributed by atoms with Gasteiger partial charge in [0.05, 0.1) is 25.2 Å². The molecule has 6 heteroatoms. The minimum atomic E-state index is -0.781. The highest BCUT2D eigenvalue weighted by atomic mass is 16.5. The first kappa shape index (κ1) is 57.6. The zero-order chi connectivity index (χ0) is 43.1. The van der Waals surface area contributed by atoms with E-state index in [1.807, 2.05) is 0 Å². The van der Waals surface area contributed by atoms with Crippen molar-refractivity contribution in [2.24, 2.45) is 0 Å². The predicted octanol–water partition coefficient (Wildman–Crippen LogP) is 15.7. The number of allylic oxidation sites excluding steroid dienone is 2. The number of hydrogen-bond acceptors (Lipinski definition) is 5. The number of carbonyl (C=O) groups is 2. The van der Waals surface area contributed by atoms with Crippen LogP contribution in [0.2, 0.25) is 0 Å². The summed E-state index contributed by atoms with van der Waals surface area (Å²) in [5, 5.41) is 23.8. The zero-order valence-electron chi connectivity index (χ0n) is 39.9. The Bertz CT molecular complexity index is 893. The van der Waals surface area contributed by atoms with Crippen molar-refractivity contribution in [1.29, 1.82) is 0 Å². The number of carbonyl (C=O) groups excluding carboxylic acids is 2. The van der Waals surface area contributed by atoms with Crippen molar-refractivity contribution in [2.45, 2.75) is 309 Å². The van der Waals surface area contributed by atoms with Gasteiger partial charge < -0.3 is 20.3 Å². The summed E-state index contributed by atoms with van der Waals surface area (Å²) in [5.41, 5.74) is 0. The lowest BCUT2D eigenvalue weighted by atomic mass is 10.0. The molecule has 59 heavy (non-hydrogen) atoms. The summed E-state index contributed by atoms with van der Waals surface area (Å²) in [7, 11) is 0. The molecule has 0 aliphatic rings. The SMILES string of the molecule is CCCCCCCC/C=C/CCCCCCCCCC(=O)OC(CCCCCCCCCCC)CC(=O)NC(CO)C(O)CCCCCCCCCCCCCCCC. The third-order valence-electron chi connectivity index (χ3n) is 12.3. The van der Waals surface area contributed by atoms with Gasteiger partial charge in [0.2, 0.25) is 5.91 Å². The molecular weight excluding hydrogens is 731 g/mol. The van der Waals surface area contributed by atoms with E-state index in [0.717, 1.165) is 44.9 Å². The van der Waals surface area contributed by atoms with Gasteiger partial charge in [-0.25, -0.2) is 0 Å². The van der Waals surface area contributed by atoms with Crippen LogP contribution in [-0.4, -0.2) is 46.9 Å². The lowest BCUT2D eigenvalue weighted by Gasteiger charge is -2.24. The third kappa shape index (κ3) is 43.1. The maximum atomic E-state index is 13.2. The van der Waals surface area contributed by atoms with Crippen LogP contribution in [0.3, 0.4) is 0 Å². The lowest BCUT2D eigenvalue weighted by molar-refractivity contribution is -0.151. The molecule has 1 amide bonds. The van der Waals surface area contributed by atoms with Gasteiger partial charge in [-0.3, -0.25) is 9.59 Å². The van der Waals surface area contributed by atoms with Gasteiger partial charge in [0, 0.05) is 6.42 Å². The van der Waals surface area contributed by atoms with Crippen LogP contribution in [0.15, 0.2) is 12.2 Å². The molecule has 0 aromatic carbocycles. The fourth-order valence-electron chi connectivity index (χ4n) is 8.31. The second kappa shape index (κ2) is 47.6. The molecule has 350 valence electrons. The Hall–Kier alpha value is -1.40. The van der Waals surface area contributed by atoms with E-state index in [-0.39, 0.29) is 24.9 Å². The number of unbranched alkanes of at least 4 members (excludes halogenated alkanes) is 34. The molecule has 3 atom stereocenters. The summed E-state index contributed by atoms with van der Waals surface area (Å²) >= 11 is 0. The van der Waals surface area contributed by atoms with Gasteiger partial charge in [-0.1, -0.05) is 238 Å². The maximum absolute atomic E-state index is 13.2. The second-order valence-corrected chi connectivity index (χ2v) is 18.3. The van der Waals surface area contributed by atoms with Crippen molar-refractivity contribution in [3.05, 3.63) is 12.2 Å². The molecular formula is C53H103NO5. The molecule has 6 nitrogen and oxygen atoms in total. The first-order valence-electron chi connectivity index (χ1n) is 26.4. The highest BCUT2D eigenvalue weighted by Crippen LogP contribution is 2.18. The quantitative estimate of drug-likeness (QED) is 0.0322. The highest BCUT2D eigenvalue weighted by Gasteiger charge is 2.24. The Balaban J connectivity index is 4.41. The lowest BCUT2D eigenvalue weighted by Crippen LogP contribution is -2.46. The fourth-order valence-corrected chi connectivity index (χ4v) is 8.31. The van der Waals surface area contributed by atoms with Crippen LogP contribution in [0.5, 0.6) is 0 Å². The van der Waals surface area contributed by atoms with Crippen LogP contribution in [0.25, 0.3) is 0 Å². The number of hydrogen-bond donors (Lipinski definition) is 3. The fraction of sp³-hybridized carbons (Fsp3) is 0.925. The van der Waals surface area contributed by atoms with Gasteiger partial charge in [-0.05, 0) is 51.4 Å². The van der Waals surface area contributed by atoms with Crippen molar-refractivity contribution < 1.29 is 24.5 Å². The minimum Gasteiger partial charge on any atom is -0.462 e. The summed E-state index contributed by atoms with van der Waals surface area (Å²) < 4.78 is 5.92. The van der Waals surface area contributed by atoms with E-state index in [0.29, 0.717) is 19.3 Å². The van der Waals surface area contributed by atoms with Crippen LogP contribution >= 0.6 is 0 Å². The second-order valence-electron chi connectivity index (χ2n) is 18.3. The van der Waals surface area contributed by atoms with Crippen LogP contribution in [-0.2, 0) is 14.3 Å². The molecule has 0 saturated heterocycles. The number of ether oxygens (including phenoxy) is 1. The standard InChI is InChI=1S/C53H103NO5/c1-4-7-10-13-16-19-21-23-25-26-27-29-31-34-37-40-43-46-53(58)59-49(44-41-38-35-32-18-15-12-9-6-3)47-52(57)54-50(48-55)51(56)45-42-39-36-33-30-28-24-22-20-17-14-11-8-5-2/h23,25,49-51,55-56H,4-22,24,26-48H2,1-3H3,(H,54,57)/b25-23+. The van der Waals surface area contributed by atoms with Crippen molar-refractivity contribution in [2.75, 3.05) is 6.61 Å². The van der Waals surface area contributed by atoms with E-state index in [4.69, 9.17) is 4.74 Å². The molecule has 0 aliphatic carbocycles. The van der Waals surface area contributed by atoms with Crippen molar-refractivity contribution in [3.8, 4) is 0 Å². The topological polar surface area (TPSA) is 95.9 Å². The zero-order valence-corrected chi connectivity index (χ0v) is 39.9. The molecule has 3 N–H and O–H groups in total. The van der Waals surface area contributed by atoms with Gasteiger partial charge in [0.15, 0.2) is 0 Å². The van der Waals surface area contributed by atoms with Crippen LogP contribution < -0.4 is 5.32 Å². The molecule has 0 bridgehead atoms. The number of aliphatic hydroxyl groups is 2. The van der Waals surface area contributed by atoms with Gasteiger partial charge in [-0.2, -0.15) is 0 Å². The molecule has 0 heterocycles. The summed E-state index contributed by atoms with van der Waals surface area (Å²) in [4.78, 5) is 26.1. The van der Waals surface area contributed by atoms with Crippen molar-refractivity contribution in [3.63, 3.8) is 0 Å². The summed E-state index contributed by atoms with van der Waals surface area (Å²) in [6.45, 7) is 6.49. The summed E-state index contributed by atoms with van der Waals surface area (Å²) in [6, 6.07) is -0.695. The molecule has 0 aromatic heterocycles. The number of rotatable bonds is 48. The molecule has 0 spiro atoms. The van der Waals surface area contributed by atoms with Crippen LogP contribution in [0.1, 0.15) is 290 Å². The highest BCUT2D eigenvalue weighted by molar-refractivity contribution is 5.77. The van der Waals surface area contributed by atoms with E-state index in [1.165, 1.54) is 199 Å².